The van der Waals surface area contributed by atoms with Crippen molar-refractivity contribution < 1.29 is 31.1 Å². The lowest BCUT2D eigenvalue weighted by molar-refractivity contribution is -0.223. The van der Waals surface area contributed by atoms with Gasteiger partial charge in [-0.3, -0.25) is 0 Å². The molecule has 1 aliphatic carbocycles. The molecule has 1 saturated carbocycles. The highest BCUT2D eigenvalue weighted by Gasteiger charge is 2.44. The molecule has 0 atom stereocenters. The predicted octanol–water partition coefficient (Wildman–Crippen LogP) is 8.27. The molecule has 3 rings (SSSR count). The van der Waals surface area contributed by atoms with E-state index in [1.54, 1.807) is 0 Å². The molecule has 1 aliphatic rings. The van der Waals surface area contributed by atoms with Crippen LogP contribution in [0.25, 0.3) is 11.1 Å². The Bertz CT molecular complexity index is 867. The molecular weight excluding hydrogens is 418 g/mol. The molecule has 0 aromatic heterocycles. The van der Waals surface area contributed by atoms with Gasteiger partial charge in [0.2, 0.25) is 0 Å². The lowest BCUT2D eigenvalue weighted by atomic mass is 9.79. The van der Waals surface area contributed by atoms with Crippen molar-refractivity contribution in [2.45, 2.75) is 64.4 Å². The first-order chi connectivity index (χ1) is 14.7. The Balaban J connectivity index is 1.65. The average molecular weight is 444 g/mol. The molecule has 0 aliphatic heterocycles. The zero-order valence-corrected chi connectivity index (χ0v) is 17.4. The quantitative estimate of drug-likeness (QED) is 0.226. The van der Waals surface area contributed by atoms with E-state index >= 15 is 0 Å². The number of hydrogen-bond acceptors (Lipinski definition) is 1. The summed E-state index contributed by atoms with van der Waals surface area (Å²) in [5, 5.41) is 0. The molecule has 31 heavy (non-hydrogen) atoms. The smallest absolute Gasteiger partial charge is 0.400 e. The zero-order chi connectivity index (χ0) is 22.6. The van der Waals surface area contributed by atoms with Crippen LogP contribution in [0.3, 0.4) is 0 Å². The molecule has 0 unspecified atom stereocenters. The van der Waals surface area contributed by atoms with Crippen LogP contribution in [0, 0.1) is 35.1 Å². The van der Waals surface area contributed by atoms with E-state index in [2.05, 4.69) is 6.92 Å². The fourth-order valence-electron chi connectivity index (χ4n) is 4.22. The highest BCUT2D eigenvalue weighted by Crippen LogP contribution is 2.41. The maximum atomic E-state index is 14.6. The largest absolute Gasteiger partial charge is 0.432 e. The van der Waals surface area contributed by atoms with E-state index in [9.17, 15) is 26.3 Å². The molecule has 1 nitrogen and oxygen atoms in total. The van der Waals surface area contributed by atoms with Crippen molar-refractivity contribution in [2.24, 2.45) is 11.8 Å². The number of halogens is 6. The highest BCUT2D eigenvalue weighted by molar-refractivity contribution is 5.65. The van der Waals surface area contributed by atoms with Crippen molar-refractivity contribution >= 4 is 0 Å². The van der Waals surface area contributed by atoms with E-state index in [0.717, 1.165) is 56.7 Å². The third kappa shape index (κ3) is 5.74. The SMILES string of the molecule is CCCCCC1CCC(C(F)(F)Oc2ccc(-c3cc(F)c(F)c(F)c3)c(F)c2)CC1. The van der Waals surface area contributed by atoms with E-state index in [1.807, 2.05) is 0 Å². The second-order valence-corrected chi connectivity index (χ2v) is 8.27. The van der Waals surface area contributed by atoms with Crippen molar-refractivity contribution in [3.63, 3.8) is 0 Å². The molecule has 0 amide bonds. The number of alkyl halides is 2. The minimum Gasteiger partial charge on any atom is -0.432 e. The van der Waals surface area contributed by atoms with Gasteiger partial charge in [0.05, 0.1) is 5.92 Å². The minimum atomic E-state index is -3.45. The Morgan fingerprint density at radius 3 is 2.10 bits per heavy atom. The van der Waals surface area contributed by atoms with Crippen molar-refractivity contribution in [3.8, 4) is 16.9 Å². The van der Waals surface area contributed by atoms with E-state index in [-0.39, 0.29) is 16.9 Å². The standard InChI is InChI=1S/C24H26F6O/c1-2-3-4-5-15-6-8-17(9-7-15)24(29,30)31-18-10-11-19(20(25)14-18)16-12-21(26)23(28)22(27)13-16/h10-15,17H,2-9H2,1H3. The van der Waals surface area contributed by atoms with Gasteiger partial charge >= 0.3 is 6.11 Å². The first kappa shape index (κ1) is 23.5. The van der Waals surface area contributed by atoms with Gasteiger partial charge in [-0.2, -0.15) is 8.78 Å². The second-order valence-electron chi connectivity index (χ2n) is 8.27. The topological polar surface area (TPSA) is 9.23 Å². The fourth-order valence-corrected chi connectivity index (χ4v) is 4.22. The lowest BCUT2D eigenvalue weighted by Crippen LogP contribution is -2.37. The zero-order valence-electron chi connectivity index (χ0n) is 17.4. The van der Waals surface area contributed by atoms with Crippen LogP contribution < -0.4 is 4.74 Å². The van der Waals surface area contributed by atoms with Gasteiger partial charge in [-0.25, -0.2) is 17.6 Å². The molecule has 2 aromatic rings. The third-order valence-electron chi connectivity index (χ3n) is 6.03. The first-order valence-electron chi connectivity index (χ1n) is 10.7. The number of rotatable bonds is 8. The fraction of sp³-hybridized carbons (Fsp3) is 0.500. The summed E-state index contributed by atoms with van der Waals surface area (Å²) in [6.45, 7) is 2.13. The van der Waals surface area contributed by atoms with Gasteiger partial charge in [0.1, 0.15) is 11.6 Å². The Morgan fingerprint density at radius 2 is 1.52 bits per heavy atom. The summed E-state index contributed by atoms with van der Waals surface area (Å²) in [7, 11) is 0. The molecule has 0 heterocycles. The van der Waals surface area contributed by atoms with Crippen LogP contribution in [0.5, 0.6) is 5.75 Å². The normalized spacial score (nSPS) is 19.5. The van der Waals surface area contributed by atoms with Crippen LogP contribution in [-0.2, 0) is 0 Å². The molecule has 0 radical (unpaired) electrons. The molecule has 1 fully saturated rings. The summed E-state index contributed by atoms with van der Waals surface area (Å²) in [4.78, 5) is 0. The number of benzene rings is 2. The van der Waals surface area contributed by atoms with Crippen molar-refractivity contribution in [1.82, 2.24) is 0 Å². The minimum absolute atomic E-state index is 0.242. The van der Waals surface area contributed by atoms with Crippen LogP contribution >= 0.6 is 0 Å². The molecule has 0 spiro atoms. The first-order valence-corrected chi connectivity index (χ1v) is 10.7. The number of unbranched alkanes of at least 4 members (excludes halogenated alkanes) is 2. The predicted molar refractivity (Wildman–Crippen MR) is 107 cm³/mol. The van der Waals surface area contributed by atoms with Crippen molar-refractivity contribution in [3.05, 3.63) is 53.6 Å². The number of hydrogen-bond donors (Lipinski definition) is 0. The van der Waals surface area contributed by atoms with E-state index in [4.69, 9.17) is 4.74 Å². The summed E-state index contributed by atoms with van der Waals surface area (Å²) >= 11 is 0. The van der Waals surface area contributed by atoms with Crippen molar-refractivity contribution in [1.29, 1.82) is 0 Å². The summed E-state index contributed by atoms with van der Waals surface area (Å²) in [6.07, 6.45) is 3.15. The van der Waals surface area contributed by atoms with Crippen LogP contribution in [0.15, 0.2) is 30.3 Å². The third-order valence-corrected chi connectivity index (χ3v) is 6.03. The molecule has 0 N–H and O–H groups in total. The molecule has 0 saturated heterocycles. The van der Waals surface area contributed by atoms with Crippen LogP contribution in [0.2, 0.25) is 0 Å². The maximum absolute atomic E-state index is 14.6. The van der Waals surface area contributed by atoms with Gasteiger partial charge in [0.25, 0.3) is 0 Å². The molecule has 2 aromatic carbocycles. The van der Waals surface area contributed by atoms with Crippen molar-refractivity contribution in [2.75, 3.05) is 0 Å². The molecular formula is C24H26F6O. The molecule has 0 bridgehead atoms. The van der Waals surface area contributed by atoms with E-state index < -0.39 is 35.3 Å². The Labute approximate surface area is 178 Å². The van der Waals surface area contributed by atoms with E-state index in [1.165, 1.54) is 0 Å². The average Bonchev–Trinajstić information content (AvgIpc) is 2.72. The molecule has 170 valence electrons. The van der Waals surface area contributed by atoms with E-state index in [0.29, 0.717) is 30.9 Å². The Kier molecular flexibility index (Phi) is 7.55. The van der Waals surface area contributed by atoms with Gasteiger partial charge in [-0.1, -0.05) is 32.6 Å². The van der Waals surface area contributed by atoms with Gasteiger partial charge < -0.3 is 4.74 Å². The lowest BCUT2D eigenvalue weighted by Gasteiger charge is -2.33. The van der Waals surface area contributed by atoms with Gasteiger partial charge in [-0.05, 0) is 61.4 Å². The summed E-state index contributed by atoms with van der Waals surface area (Å²) in [6, 6.07) is 4.23. The second kappa shape index (κ2) is 9.96. The Morgan fingerprint density at radius 1 is 0.871 bits per heavy atom. The maximum Gasteiger partial charge on any atom is 0.400 e. The number of ether oxygens (including phenoxy) is 1. The monoisotopic (exact) mass is 444 g/mol. The van der Waals surface area contributed by atoms with Crippen LogP contribution in [0.1, 0.15) is 58.3 Å². The van der Waals surface area contributed by atoms with Crippen LogP contribution in [-0.4, -0.2) is 6.11 Å². The van der Waals surface area contributed by atoms with Crippen LogP contribution in [0.4, 0.5) is 26.3 Å². The van der Waals surface area contributed by atoms with Gasteiger partial charge in [-0.15, -0.1) is 0 Å². The summed E-state index contributed by atoms with van der Waals surface area (Å²) < 4.78 is 88.5. The van der Waals surface area contributed by atoms with Gasteiger partial charge in [0.15, 0.2) is 17.5 Å². The highest BCUT2D eigenvalue weighted by atomic mass is 19.3. The van der Waals surface area contributed by atoms with Gasteiger partial charge in [0, 0.05) is 11.6 Å². The molecule has 7 heteroatoms. The summed E-state index contributed by atoms with van der Waals surface area (Å²) in [5.41, 5.74) is -0.491. The summed E-state index contributed by atoms with van der Waals surface area (Å²) in [5.74, 6) is -6.45. The Hall–Kier alpha value is -2.18.